The molecule has 106 valence electrons. The van der Waals surface area contributed by atoms with E-state index in [4.69, 9.17) is 0 Å². The van der Waals surface area contributed by atoms with Crippen molar-refractivity contribution in [1.29, 1.82) is 0 Å². The predicted octanol–water partition coefficient (Wildman–Crippen LogP) is 1.68. The molecule has 0 aliphatic heterocycles. The Kier molecular flexibility index (Phi) is 4.60. The van der Waals surface area contributed by atoms with E-state index in [0.29, 0.717) is 11.4 Å². The summed E-state index contributed by atoms with van der Waals surface area (Å²) in [6.45, 7) is 2.36. The van der Waals surface area contributed by atoms with E-state index in [9.17, 15) is 13.5 Å². The Labute approximate surface area is 114 Å². The van der Waals surface area contributed by atoms with Gasteiger partial charge in [0.1, 0.15) is 0 Å². The molecule has 4 nitrogen and oxygen atoms in total. The molecule has 0 spiro atoms. The molecule has 2 atom stereocenters. The van der Waals surface area contributed by atoms with Crippen LogP contribution in [0.25, 0.3) is 0 Å². The average Bonchev–Trinajstić information content (AvgIpc) is 2.84. The zero-order valence-electron chi connectivity index (χ0n) is 11.2. The Hall–Kier alpha value is -0.910. The molecule has 0 bridgehead atoms. The highest BCUT2D eigenvalue weighted by Gasteiger charge is 2.28. The highest BCUT2D eigenvalue weighted by atomic mass is 32.2. The van der Waals surface area contributed by atoms with E-state index < -0.39 is 10.0 Å². The van der Waals surface area contributed by atoms with E-state index in [2.05, 4.69) is 4.72 Å². The minimum absolute atomic E-state index is 0.150. The molecule has 5 heteroatoms. The molecule has 1 aliphatic carbocycles. The Morgan fingerprint density at radius 2 is 1.95 bits per heavy atom. The van der Waals surface area contributed by atoms with Crippen LogP contribution in [0.3, 0.4) is 0 Å². The first-order valence-corrected chi connectivity index (χ1v) is 8.19. The fourth-order valence-electron chi connectivity index (χ4n) is 2.78. The van der Waals surface area contributed by atoms with Gasteiger partial charge in [-0.25, -0.2) is 13.1 Å². The summed E-state index contributed by atoms with van der Waals surface area (Å²) in [5, 5.41) is 9.25. The lowest BCUT2D eigenvalue weighted by atomic mass is 9.97. The van der Waals surface area contributed by atoms with Crippen LogP contribution in [0.5, 0.6) is 0 Å². The summed E-state index contributed by atoms with van der Waals surface area (Å²) in [5.74, 6) is 0.489. The van der Waals surface area contributed by atoms with Gasteiger partial charge >= 0.3 is 0 Å². The molecule has 2 N–H and O–H groups in total. The van der Waals surface area contributed by atoms with Crippen molar-refractivity contribution >= 4 is 10.0 Å². The first kappa shape index (κ1) is 14.5. The van der Waals surface area contributed by atoms with Gasteiger partial charge in [-0.15, -0.1) is 0 Å². The van der Waals surface area contributed by atoms with E-state index in [-0.39, 0.29) is 18.4 Å². The van der Waals surface area contributed by atoms with Gasteiger partial charge in [0.25, 0.3) is 0 Å². The van der Waals surface area contributed by atoms with Gasteiger partial charge in [0, 0.05) is 13.2 Å². The molecule has 1 fully saturated rings. The van der Waals surface area contributed by atoms with E-state index >= 15 is 0 Å². The molecule has 19 heavy (non-hydrogen) atoms. The van der Waals surface area contributed by atoms with Gasteiger partial charge in [-0.3, -0.25) is 0 Å². The lowest BCUT2D eigenvalue weighted by Crippen LogP contribution is -2.32. The molecular formula is C14H21NO3S. The maximum absolute atomic E-state index is 12.2. The summed E-state index contributed by atoms with van der Waals surface area (Å²) in [4.78, 5) is 0.341. The highest BCUT2D eigenvalue weighted by molar-refractivity contribution is 7.89. The Bertz CT molecular complexity index is 527. The SMILES string of the molecule is Cc1ccccc1S(=O)(=O)NCC1CCCC1CO. The number of aliphatic hydroxyl groups excluding tert-OH is 1. The summed E-state index contributed by atoms with van der Waals surface area (Å²) in [5.41, 5.74) is 0.750. The third kappa shape index (κ3) is 3.35. The van der Waals surface area contributed by atoms with Crippen molar-refractivity contribution in [3.63, 3.8) is 0 Å². The van der Waals surface area contributed by atoms with Crippen molar-refractivity contribution in [3.8, 4) is 0 Å². The third-order valence-corrected chi connectivity index (χ3v) is 5.55. The van der Waals surface area contributed by atoms with Crippen LogP contribution in [0.2, 0.25) is 0 Å². The van der Waals surface area contributed by atoms with E-state index in [1.54, 1.807) is 25.1 Å². The second-order valence-electron chi connectivity index (χ2n) is 5.25. The van der Waals surface area contributed by atoms with Crippen molar-refractivity contribution in [2.24, 2.45) is 11.8 Å². The highest BCUT2D eigenvalue weighted by Crippen LogP contribution is 2.31. The van der Waals surface area contributed by atoms with Gasteiger partial charge in [0.2, 0.25) is 10.0 Å². The molecule has 0 aromatic heterocycles. The number of rotatable bonds is 5. The van der Waals surface area contributed by atoms with Crippen molar-refractivity contribution in [2.45, 2.75) is 31.1 Å². The van der Waals surface area contributed by atoms with Crippen molar-refractivity contribution < 1.29 is 13.5 Å². The molecule has 2 rings (SSSR count). The van der Waals surface area contributed by atoms with Crippen LogP contribution < -0.4 is 4.72 Å². The first-order chi connectivity index (χ1) is 9.04. The normalized spacial score (nSPS) is 23.7. The van der Waals surface area contributed by atoms with E-state index in [1.807, 2.05) is 6.07 Å². The minimum Gasteiger partial charge on any atom is -0.396 e. The monoisotopic (exact) mass is 283 g/mol. The van der Waals surface area contributed by atoms with Gasteiger partial charge in [-0.05, 0) is 43.2 Å². The molecule has 1 aromatic carbocycles. The summed E-state index contributed by atoms with van der Waals surface area (Å²) >= 11 is 0. The quantitative estimate of drug-likeness (QED) is 0.864. The van der Waals surface area contributed by atoms with Crippen molar-refractivity contribution in [2.75, 3.05) is 13.2 Å². The largest absolute Gasteiger partial charge is 0.396 e. The van der Waals surface area contributed by atoms with E-state index in [0.717, 1.165) is 24.8 Å². The van der Waals surface area contributed by atoms with Crippen molar-refractivity contribution in [3.05, 3.63) is 29.8 Å². The van der Waals surface area contributed by atoms with E-state index in [1.165, 1.54) is 0 Å². The van der Waals surface area contributed by atoms with Crippen LogP contribution in [0.1, 0.15) is 24.8 Å². The van der Waals surface area contributed by atoms with Crippen LogP contribution in [0.15, 0.2) is 29.2 Å². The number of aryl methyl sites for hydroxylation is 1. The molecule has 1 saturated carbocycles. The summed E-state index contributed by atoms with van der Waals surface area (Å²) in [6.07, 6.45) is 3.05. The Morgan fingerprint density at radius 3 is 2.63 bits per heavy atom. The fourth-order valence-corrected chi connectivity index (χ4v) is 4.11. The minimum atomic E-state index is -3.44. The maximum atomic E-state index is 12.2. The summed E-state index contributed by atoms with van der Waals surface area (Å²) in [6, 6.07) is 6.97. The average molecular weight is 283 g/mol. The van der Waals surface area contributed by atoms with Crippen LogP contribution in [-0.2, 0) is 10.0 Å². The van der Waals surface area contributed by atoms with Gasteiger partial charge in [0.15, 0.2) is 0 Å². The number of benzene rings is 1. The van der Waals surface area contributed by atoms with Crippen LogP contribution in [0, 0.1) is 18.8 Å². The second-order valence-corrected chi connectivity index (χ2v) is 6.99. The summed E-state index contributed by atoms with van der Waals surface area (Å²) in [7, 11) is -3.44. The fraction of sp³-hybridized carbons (Fsp3) is 0.571. The Morgan fingerprint density at radius 1 is 1.26 bits per heavy atom. The third-order valence-electron chi connectivity index (χ3n) is 3.97. The standard InChI is InChI=1S/C14H21NO3S/c1-11-5-2-3-8-14(11)19(17,18)15-9-12-6-4-7-13(12)10-16/h2-3,5,8,12-13,15-16H,4,6-7,9-10H2,1H3. The molecule has 2 unspecified atom stereocenters. The van der Waals surface area contributed by atoms with Gasteiger partial charge < -0.3 is 5.11 Å². The zero-order valence-corrected chi connectivity index (χ0v) is 12.0. The number of sulfonamides is 1. The number of nitrogens with one attached hydrogen (secondary N) is 1. The van der Waals surface area contributed by atoms with Gasteiger partial charge in [-0.1, -0.05) is 24.6 Å². The van der Waals surface area contributed by atoms with Crippen LogP contribution in [0.4, 0.5) is 0 Å². The lowest BCUT2D eigenvalue weighted by Gasteiger charge is -2.18. The lowest BCUT2D eigenvalue weighted by molar-refractivity contribution is 0.195. The molecule has 1 aliphatic rings. The number of aliphatic hydroxyl groups is 1. The maximum Gasteiger partial charge on any atom is 0.240 e. The van der Waals surface area contributed by atoms with Crippen LogP contribution in [-0.4, -0.2) is 26.7 Å². The van der Waals surface area contributed by atoms with Crippen molar-refractivity contribution in [1.82, 2.24) is 4.72 Å². The molecule has 0 amide bonds. The second kappa shape index (κ2) is 6.03. The molecule has 0 saturated heterocycles. The summed E-state index contributed by atoms with van der Waals surface area (Å²) < 4.78 is 27.1. The number of hydrogen-bond donors (Lipinski definition) is 2. The van der Waals surface area contributed by atoms with Gasteiger partial charge in [-0.2, -0.15) is 0 Å². The molecular weight excluding hydrogens is 262 g/mol. The zero-order chi connectivity index (χ0) is 13.9. The number of hydrogen-bond acceptors (Lipinski definition) is 3. The smallest absolute Gasteiger partial charge is 0.240 e. The predicted molar refractivity (Wildman–Crippen MR) is 74.3 cm³/mol. The first-order valence-electron chi connectivity index (χ1n) is 6.71. The topological polar surface area (TPSA) is 66.4 Å². The van der Waals surface area contributed by atoms with Gasteiger partial charge in [0.05, 0.1) is 4.90 Å². The molecule has 0 radical (unpaired) electrons. The van der Waals surface area contributed by atoms with Crippen LogP contribution >= 0.6 is 0 Å². The molecule has 1 aromatic rings. The molecule has 0 heterocycles. The Balaban J connectivity index is 2.04.